The highest BCUT2D eigenvalue weighted by molar-refractivity contribution is 6.60. The average molecular weight is 266 g/mol. The summed E-state index contributed by atoms with van der Waals surface area (Å²) >= 11 is 0. The van der Waals surface area contributed by atoms with Gasteiger partial charge >= 0.3 is 8.80 Å². The van der Waals surface area contributed by atoms with Crippen LogP contribution in [0, 0.1) is 0 Å². The molecular formula is C11H26O5Si. The smallest absolute Gasteiger partial charge is 0.396 e. The van der Waals surface area contributed by atoms with Gasteiger partial charge in [-0.1, -0.05) is 0 Å². The van der Waals surface area contributed by atoms with Gasteiger partial charge in [-0.15, -0.1) is 0 Å². The van der Waals surface area contributed by atoms with Gasteiger partial charge in [0.15, 0.2) is 0 Å². The molecule has 2 N–H and O–H groups in total. The van der Waals surface area contributed by atoms with Crippen LogP contribution in [0.3, 0.4) is 0 Å². The van der Waals surface area contributed by atoms with E-state index in [1.807, 2.05) is 20.8 Å². The first-order chi connectivity index (χ1) is 7.99. The number of hydrogen-bond donors (Lipinski definition) is 2. The van der Waals surface area contributed by atoms with Crippen LogP contribution in [0.15, 0.2) is 0 Å². The van der Waals surface area contributed by atoms with Crippen molar-refractivity contribution in [2.24, 2.45) is 0 Å². The molecule has 104 valence electrons. The molecule has 0 aromatic heterocycles. The summed E-state index contributed by atoms with van der Waals surface area (Å²) in [5, 5.41) is 18.4. The van der Waals surface area contributed by atoms with Gasteiger partial charge in [0.05, 0.1) is 6.10 Å². The maximum atomic E-state index is 9.53. The Labute approximate surface area is 105 Å². The van der Waals surface area contributed by atoms with Crippen molar-refractivity contribution in [2.45, 2.75) is 52.4 Å². The third-order valence-corrected chi connectivity index (χ3v) is 5.50. The third-order valence-electron chi connectivity index (χ3n) is 2.19. The van der Waals surface area contributed by atoms with Crippen molar-refractivity contribution in [1.82, 2.24) is 0 Å². The van der Waals surface area contributed by atoms with Crippen molar-refractivity contribution >= 4 is 8.80 Å². The zero-order valence-corrected chi connectivity index (χ0v) is 12.3. The Morgan fingerprint density at radius 2 is 1.65 bits per heavy atom. The highest BCUT2D eigenvalue weighted by Crippen LogP contribution is 2.21. The summed E-state index contributed by atoms with van der Waals surface area (Å²) in [6.07, 6.45) is -0.126. The first-order valence-corrected chi connectivity index (χ1v) is 8.17. The molecule has 0 bridgehead atoms. The molecule has 0 aliphatic heterocycles. The largest absolute Gasteiger partial charge is 0.503 e. The van der Waals surface area contributed by atoms with Crippen LogP contribution in [-0.2, 0) is 13.3 Å². The summed E-state index contributed by atoms with van der Waals surface area (Å²) in [6.45, 7) is 8.37. The van der Waals surface area contributed by atoms with Gasteiger partial charge in [0.2, 0.25) is 0 Å². The monoisotopic (exact) mass is 266 g/mol. The Morgan fingerprint density at radius 3 is 2.00 bits per heavy atom. The first kappa shape index (κ1) is 17.0. The molecule has 0 aliphatic carbocycles. The van der Waals surface area contributed by atoms with E-state index in [4.69, 9.17) is 18.4 Å². The van der Waals surface area contributed by atoms with Crippen LogP contribution in [0.4, 0.5) is 0 Å². The molecule has 0 rings (SSSR count). The van der Waals surface area contributed by atoms with E-state index in [0.717, 1.165) is 0 Å². The molecule has 0 saturated carbocycles. The first-order valence-electron chi connectivity index (χ1n) is 6.24. The Kier molecular flexibility index (Phi) is 9.02. The van der Waals surface area contributed by atoms with Crippen molar-refractivity contribution in [2.75, 3.05) is 19.8 Å². The second kappa shape index (κ2) is 9.01. The van der Waals surface area contributed by atoms with E-state index in [1.54, 1.807) is 6.92 Å². The van der Waals surface area contributed by atoms with Gasteiger partial charge in [0.1, 0.15) is 0 Å². The van der Waals surface area contributed by atoms with Gasteiger partial charge in [-0.2, -0.15) is 0 Å². The average Bonchev–Trinajstić information content (AvgIpc) is 2.16. The van der Waals surface area contributed by atoms with E-state index in [-0.39, 0.29) is 12.7 Å². The molecule has 2 atom stereocenters. The molecule has 0 radical (unpaired) electrons. The van der Waals surface area contributed by atoms with Gasteiger partial charge in [0.25, 0.3) is 0 Å². The summed E-state index contributed by atoms with van der Waals surface area (Å²) in [7, 11) is -2.82. The normalized spacial score (nSPS) is 15.9. The molecule has 0 aliphatic rings. The van der Waals surface area contributed by atoms with Crippen LogP contribution in [0.25, 0.3) is 0 Å². The van der Waals surface area contributed by atoms with E-state index in [0.29, 0.717) is 25.7 Å². The molecule has 0 amide bonds. The van der Waals surface area contributed by atoms with Crippen LogP contribution in [-0.4, -0.2) is 51.0 Å². The number of hydrogen-bond acceptors (Lipinski definition) is 5. The maximum absolute atomic E-state index is 9.53. The minimum Gasteiger partial charge on any atom is -0.396 e. The molecule has 2 unspecified atom stereocenters. The van der Waals surface area contributed by atoms with Crippen LogP contribution < -0.4 is 0 Å². The van der Waals surface area contributed by atoms with Gasteiger partial charge < -0.3 is 23.5 Å². The molecular weight excluding hydrogens is 240 g/mol. The highest BCUT2D eigenvalue weighted by atomic mass is 28.4. The van der Waals surface area contributed by atoms with Crippen LogP contribution in [0.2, 0.25) is 6.04 Å². The summed E-state index contributed by atoms with van der Waals surface area (Å²) in [6, 6.07) is 0.379. The standard InChI is InChI=1S/C11H26O5Si/c1-5-14-17(15-6-2,9-10(3)13)16-11(4)7-8-12/h10-13H,5-9H2,1-4H3. The van der Waals surface area contributed by atoms with E-state index in [1.165, 1.54) is 0 Å². The minimum atomic E-state index is -2.82. The number of aliphatic hydroxyl groups excluding tert-OH is 2. The third kappa shape index (κ3) is 7.12. The second-order valence-corrected chi connectivity index (χ2v) is 6.63. The lowest BCUT2D eigenvalue weighted by atomic mass is 10.3. The summed E-state index contributed by atoms with van der Waals surface area (Å²) in [5.74, 6) is 0. The second-order valence-electron chi connectivity index (χ2n) is 4.04. The van der Waals surface area contributed by atoms with E-state index < -0.39 is 14.9 Å². The molecule has 0 aromatic rings. The lowest BCUT2D eigenvalue weighted by Crippen LogP contribution is -2.50. The van der Waals surface area contributed by atoms with Crippen molar-refractivity contribution in [3.05, 3.63) is 0 Å². The topological polar surface area (TPSA) is 68.2 Å². The molecule has 0 spiro atoms. The lowest BCUT2D eigenvalue weighted by Gasteiger charge is -2.32. The van der Waals surface area contributed by atoms with Crippen molar-refractivity contribution < 1.29 is 23.5 Å². The highest BCUT2D eigenvalue weighted by Gasteiger charge is 2.43. The van der Waals surface area contributed by atoms with Crippen LogP contribution in [0.1, 0.15) is 34.1 Å². The molecule has 5 nitrogen and oxygen atoms in total. The Morgan fingerprint density at radius 1 is 1.12 bits per heavy atom. The SMILES string of the molecule is CCO[Si](CC(C)O)(OCC)OC(C)CCO. The van der Waals surface area contributed by atoms with Crippen molar-refractivity contribution in [3.8, 4) is 0 Å². The van der Waals surface area contributed by atoms with Gasteiger partial charge in [-0.05, 0) is 34.1 Å². The van der Waals surface area contributed by atoms with E-state index in [2.05, 4.69) is 0 Å². The zero-order valence-electron chi connectivity index (χ0n) is 11.3. The predicted molar refractivity (Wildman–Crippen MR) is 67.7 cm³/mol. The van der Waals surface area contributed by atoms with Crippen LogP contribution >= 0.6 is 0 Å². The number of rotatable bonds is 10. The molecule has 0 heterocycles. The summed E-state index contributed by atoms with van der Waals surface area (Å²) in [5.41, 5.74) is 0. The van der Waals surface area contributed by atoms with Crippen LogP contribution in [0.5, 0.6) is 0 Å². The summed E-state index contributed by atoms with van der Waals surface area (Å²) < 4.78 is 17.1. The number of aliphatic hydroxyl groups is 2. The fourth-order valence-corrected chi connectivity index (χ4v) is 4.51. The Hall–Kier alpha value is 0.0169. The maximum Gasteiger partial charge on any atom is 0.503 e. The van der Waals surface area contributed by atoms with E-state index >= 15 is 0 Å². The predicted octanol–water partition coefficient (Wildman–Crippen LogP) is 1.17. The fourth-order valence-electron chi connectivity index (χ4n) is 1.62. The van der Waals surface area contributed by atoms with Gasteiger partial charge in [-0.25, -0.2) is 0 Å². The van der Waals surface area contributed by atoms with Crippen molar-refractivity contribution in [1.29, 1.82) is 0 Å². The van der Waals surface area contributed by atoms with Gasteiger partial charge in [0, 0.05) is 32.0 Å². The Bertz CT molecular complexity index is 183. The summed E-state index contributed by atoms with van der Waals surface area (Å²) in [4.78, 5) is 0. The molecule has 17 heavy (non-hydrogen) atoms. The minimum absolute atomic E-state index is 0.0680. The van der Waals surface area contributed by atoms with Crippen molar-refractivity contribution in [3.63, 3.8) is 0 Å². The quantitative estimate of drug-likeness (QED) is 0.581. The zero-order chi connectivity index (χ0) is 13.3. The Balaban J connectivity index is 4.62. The fraction of sp³-hybridized carbons (Fsp3) is 1.00. The molecule has 0 fully saturated rings. The lowest BCUT2D eigenvalue weighted by molar-refractivity contribution is 0.0217. The molecule has 0 aromatic carbocycles. The molecule has 6 heteroatoms. The van der Waals surface area contributed by atoms with E-state index in [9.17, 15) is 5.11 Å². The van der Waals surface area contributed by atoms with Gasteiger partial charge in [-0.3, -0.25) is 0 Å². The molecule has 0 saturated heterocycles.